The molecule has 1 N–H and O–H groups in total. The van der Waals surface area contributed by atoms with Gasteiger partial charge in [-0.1, -0.05) is 0 Å². The molecule has 2 saturated carbocycles. The van der Waals surface area contributed by atoms with Gasteiger partial charge in [-0.25, -0.2) is 14.4 Å². The molecule has 1 aliphatic heterocycles. The first-order valence-corrected chi connectivity index (χ1v) is 14.5. The van der Waals surface area contributed by atoms with Gasteiger partial charge in [-0.05, 0) is 70.5 Å². The van der Waals surface area contributed by atoms with Gasteiger partial charge >= 0.3 is 23.9 Å². The van der Waals surface area contributed by atoms with Gasteiger partial charge in [0.15, 0.2) is 6.10 Å². The van der Waals surface area contributed by atoms with Crippen LogP contribution in [-0.4, -0.2) is 70.2 Å². The lowest BCUT2D eigenvalue weighted by molar-refractivity contribution is -0.342. The molecule has 2 bridgehead atoms. The van der Waals surface area contributed by atoms with Crippen LogP contribution in [0, 0.1) is 11.3 Å². The molecule has 0 unspecified atom stereocenters. The molecule has 13 heteroatoms. The van der Waals surface area contributed by atoms with Crippen LogP contribution in [0.25, 0.3) is 0 Å². The predicted molar refractivity (Wildman–Crippen MR) is 149 cm³/mol. The zero-order valence-electron chi connectivity index (χ0n) is 25.3. The van der Waals surface area contributed by atoms with Gasteiger partial charge in [0.05, 0.1) is 35.4 Å². The summed E-state index contributed by atoms with van der Waals surface area (Å²) in [6.07, 6.45) is -1.29. The third-order valence-corrected chi connectivity index (χ3v) is 9.55. The molecule has 3 aliphatic rings. The molecule has 1 saturated heterocycles. The lowest BCUT2D eigenvalue weighted by Gasteiger charge is -2.65. The van der Waals surface area contributed by atoms with E-state index in [1.807, 2.05) is 0 Å². The van der Waals surface area contributed by atoms with Crippen molar-refractivity contribution in [1.82, 2.24) is 0 Å². The van der Waals surface area contributed by atoms with E-state index in [0.717, 1.165) is 0 Å². The average Bonchev–Trinajstić information content (AvgIpc) is 3.77. The molecular weight excluding hydrogens is 592 g/mol. The zero-order valence-corrected chi connectivity index (χ0v) is 25.3. The van der Waals surface area contributed by atoms with Crippen molar-refractivity contribution in [2.75, 3.05) is 0 Å². The normalized spacial score (nSPS) is 34.8. The number of ether oxygens (including phenoxy) is 5. The number of aliphatic hydroxyl groups is 1. The third kappa shape index (κ3) is 4.67. The van der Waals surface area contributed by atoms with E-state index < -0.39 is 76.4 Å². The van der Waals surface area contributed by atoms with Gasteiger partial charge in [-0.3, -0.25) is 4.79 Å². The summed E-state index contributed by atoms with van der Waals surface area (Å²) in [6, 6.07) is 8.84. The maximum Gasteiger partial charge on any atom is 0.374 e. The first-order chi connectivity index (χ1) is 21.2. The topological polar surface area (TPSA) is 174 Å². The quantitative estimate of drug-likeness (QED) is 0.293. The molecule has 3 fully saturated rings. The van der Waals surface area contributed by atoms with Crippen molar-refractivity contribution < 1.29 is 61.2 Å². The van der Waals surface area contributed by atoms with Crippen LogP contribution in [0.5, 0.6) is 0 Å². The Balaban J connectivity index is 1.51. The number of hydrogen-bond acceptors (Lipinski definition) is 13. The molecule has 13 nitrogen and oxygen atoms in total. The molecule has 4 heterocycles. The fourth-order valence-corrected chi connectivity index (χ4v) is 7.72. The van der Waals surface area contributed by atoms with Crippen LogP contribution in [0.4, 0.5) is 0 Å². The SMILES string of the molecule is CC(=O)O[C@H]1[C@@H](OC(=O)c2ccco2)C[C@@](C)(O)[C@]23OC(C)(C)[C@H](C[C@H](OC(=O)c4ccco4)[C@]12C)[C@H]3OC(=O)c1ccco1. The Morgan fingerprint density at radius 3 is 1.76 bits per heavy atom. The van der Waals surface area contributed by atoms with E-state index in [-0.39, 0.29) is 30.1 Å². The molecular formula is C32H34O13. The maximum atomic E-state index is 13.4. The molecule has 1 spiro atoms. The first kappa shape index (κ1) is 30.7. The summed E-state index contributed by atoms with van der Waals surface area (Å²) in [6.45, 7) is 7.80. The molecule has 0 amide bonds. The van der Waals surface area contributed by atoms with Gasteiger partial charge < -0.3 is 42.0 Å². The lowest BCUT2D eigenvalue weighted by atomic mass is 9.47. The monoisotopic (exact) mass is 626 g/mol. The van der Waals surface area contributed by atoms with Gasteiger partial charge in [-0.2, -0.15) is 0 Å². The Bertz CT molecular complexity index is 1570. The summed E-state index contributed by atoms with van der Waals surface area (Å²) in [5.41, 5.74) is -6.59. The molecule has 0 radical (unpaired) electrons. The molecule has 0 aromatic carbocycles. The summed E-state index contributed by atoms with van der Waals surface area (Å²) in [5, 5.41) is 12.5. The van der Waals surface area contributed by atoms with Crippen LogP contribution in [0.1, 0.15) is 79.1 Å². The minimum atomic E-state index is -1.94. The standard InChI is InChI=1S/C32H34O13/c1-17(33)41-25-22(42-26(34)19-9-6-12-38-19)16-30(4,37)32-24(44-28(36)21-11-8-14-40-21)18(29(2,3)45-32)15-23(31(25,32)5)43-27(35)20-10-7-13-39-20/h6-14,18,22-25,37H,15-16H2,1-5H3/t18-,22+,23+,24-,25+,30-,31-,32+/m1/s1. The summed E-state index contributed by atoms with van der Waals surface area (Å²) in [5.74, 6) is -4.15. The van der Waals surface area contributed by atoms with Crippen molar-refractivity contribution in [3.8, 4) is 0 Å². The molecule has 2 aliphatic carbocycles. The van der Waals surface area contributed by atoms with Crippen LogP contribution in [0.3, 0.4) is 0 Å². The van der Waals surface area contributed by atoms with Gasteiger partial charge in [0, 0.05) is 19.3 Å². The highest BCUT2D eigenvalue weighted by Crippen LogP contribution is 2.69. The van der Waals surface area contributed by atoms with Gasteiger partial charge in [-0.15, -0.1) is 0 Å². The van der Waals surface area contributed by atoms with Crippen molar-refractivity contribution >= 4 is 23.9 Å². The molecule has 8 atom stereocenters. The number of rotatable bonds is 7. The van der Waals surface area contributed by atoms with Crippen molar-refractivity contribution in [3.05, 3.63) is 72.5 Å². The number of carbonyl (C=O) groups excluding carboxylic acids is 4. The fraction of sp³-hybridized carbons (Fsp3) is 0.500. The Morgan fingerprint density at radius 1 is 0.756 bits per heavy atom. The largest absolute Gasteiger partial charge is 0.458 e. The van der Waals surface area contributed by atoms with E-state index in [1.54, 1.807) is 20.8 Å². The highest BCUT2D eigenvalue weighted by Gasteiger charge is 2.84. The number of hydrogen-bond donors (Lipinski definition) is 1. The van der Waals surface area contributed by atoms with E-state index in [4.69, 9.17) is 36.9 Å². The van der Waals surface area contributed by atoms with E-state index >= 15 is 0 Å². The van der Waals surface area contributed by atoms with Crippen LogP contribution in [0.2, 0.25) is 0 Å². The number of fused-ring (bicyclic) bond motifs is 1. The predicted octanol–water partition coefficient (Wildman–Crippen LogP) is 4.10. The third-order valence-electron chi connectivity index (χ3n) is 9.55. The van der Waals surface area contributed by atoms with Crippen LogP contribution < -0.4 is 0 Å². The maximum absolute atomic E-state index is 13.4. The fourth-order valence-electron chi connectivity index (χ4n) is 7.72. The summed E-state index contributed by atoms with van der Waals surface area (Å²) < 4.78 is 46.6. The summed E-state index contributed by atoms with van der Waals surface area (Å²) in [7, 11) is 0. The van der Waals surface area contributed by atoms with Crippen LogP contribution in [-0.2, 0) is 28.5 Å². The molecule has 3 aromatic rings. The first-order valence-electron chi connectivity index (χ1n) is 14.5. The number of esters is 4. The van der Waals surface area contributed by atoms with Crippen molar-refractivity contribution in [3.63, 3.8) is 0 Å². The molecule has 45 heavy (non-hydrogen) atoms. The van der Waals surface area contributed by atoms with Gasteiger partial charge in [0.1, 0.15) is 23.9 Å². The Labute approximate surface area is 257 Å². The highest BCUT2D eigenvalue weighted by atomic mass is 16.6. The average molecular weight is 627 g/mol. The van der Waals surface area contributed by atoms with E-state index in [2.05, 4.69) is 0 Å². The van der Waals surface area contributed by atoms with Crippen LogP contribution >= 0.6 is 0 Å². The van der Waals surface area contributed by atoms with Crippen molar-refractivity contribution in [1.29, 1.82) is 0 Å². The smallest absolute Gasteiger partial charge is 0.374 e. The Kier molecular flexibility index (Phi) is 7.24. The zero-order chi connectivity index (χ0) is 32.4. The number of furan rings is 3. The van der Waals surface area contributed by atoms with Crippen molar-refractivity contribution in [2.45, 2.75) is 88.7 Å². The van der Waals surface area contributed by atoms with Gasteiger partial charge in [0.2, 0.25) is 17.3 Å². The van der Waals surface area contributed by atoms with Crippen molar-refractivity contribution in [2.24, 2.45) is 11.3 Å². The second-order valence-corrected chi connectivity index (χ2v) is 12.7. The second-order valence-electron chi connectivity index (χ2n) is 12.7. The van der Waals surface area contributed by atoms with Crippen LogP contribution in [0.15, 0.2) is 68.4 Å². The molecule has 240 valence electrons. The number of carbonyl (C=O) groups is 4. The highest BCUT2D eigenvalue weighted by molar-refractivity contribution is 5.87. The Hall–Kier alpha value is -4.36. The Morgan fingerprint density at radius 2 is 1.27 bits per heavy atom. The minimum absolute atomic E-state index is 0.0422. The molecule has 6 rings (SSSR count). The summed E-state index contributed by atoms with van der Waals surface area (Å²) >= 11 is 0. The van der Waals surface area contributed by atoms with E-state index in [9.17, 15) is 24.3 Å². The second kappa shape index (κ2) is 10.6. The lowest BCUT2D eigenvalue weighted by Crippen LogP contribution is -2.81. The van der Waals surface area contributed by atoms with E-state index in [0.29, 0.717) is 0 Å². The summed E-state index contributed by atoms with van der Waals surface area (Å²) in [4.78, 5) is 52.6. The molecule has 3 aromatic heterocycles. The van der Waals surface area contributed by atoms with Gasteiger partial charge in [0.25, 0.3) is 0 Å². The van der Waals surface area contributed by atoms with E-state index in [1.165, 1.54) is 69.0 Å². The minimum Gasteiger partial charge on any atom is -0.458 e.